The van der Waals surface area contributed by atoms with E-state index in [4.69, 9.17) is 5.73 Å². The molecule has 1 heterocycles. The Hall–Kier alpha value is -1.06. The Balaban J connectivity index is 1.55. The van der Waals surface area contributed by atoms with Gasteiger partial charge in [0.2, 0.25) is 0 Å². The number of rotatable bonds is 3. The van der Waals surface area contributed by atoms with Gasteiger partial charge in [-0.1, -0.05) is 18.2 Å². The summed E-state index contributed by atoms with van der Waals surface area (Å²) < 4.78 is 0. The molecule has 122 valence electrons. The van der Waals surface area contributed by atoms with Gasteiger partial charge in [0.05, 0.1) is 0 Å². The van der Waals surface area contributed by atoms with Crippen LogP contribution in [0.25, 0.3) is 0 Å². The average Bonchev–Trinajstić information content (AvgIpc) is 2.52. The molecule has 0 radical (unpaired) electrons. The highest BCUT2D eigenvalue weighted by atomic mass is 15.3. The molecule has 1 aromatic rings. The summed E-state index contributed by atoms with van der Waals surface area (Å²) in [5, 5.41) is 0. The van der Waals surface area contributed by atoms with E-state index in [1.165, 1.54) is 50.0 Å². The van der Waals surface area contributed by atoms with Crippen molar-refractivity contribution < 1.29 is 0 Å². The van der Waals surface area contributed by atoms with Gasteiger partial charge in [0.25, 0.3) is 0 Å². The fourth-order valence-corrected chi connectivity index (χ4v) is 4.11. The molecule has 3 nitrogen and oxygen atoms in total. The van der Waals surface area contributed by atoms with Crippen molar-refractivity contribution >= 4 is 5.69 Å². The summed E-state index contributed by atoms with van der Waals surface area (Å²) in [5.41, 5.74) is 8.84. The van der Waals surface area contributed by atoms with Crippen molar-refractivity contribution in [1.29, 1.82) is 0 Å². The smallest absolute Gasteiger partial charge is 0.0396 e. The second kappa shape index (κ2) is 7.01. The van der Waals surface area contributed by atoms with Gasteiger partial charge in [-0.3, -0.25) is 4.90 Å². The van der Waals surface area contributed by atoms with E-state index in [1.807, 2.05) is 0 Å². The van der Waals surface area contributed by atoms with Crippen molar-refractivity contribution in [3.05, 3.63) is 29.8 Å². The fourth-order valence-electron chi connectivity index (χ4n) is 4.11. The van der Waals surface area contributed by atoms with Crippen LogP contribution < -0.4 is 10.6 Å². The van der Waals surface area contributed by atoms with Crippen LogP contribution in [0.1, 0.15) is 38.2 Å². The van der Waals surface area contributed by atoms with E-state index in [9.17, 15) is 0 Å². The molecule has 1 aromatic carbocycles. The average molecular weight is 301 g/mol. The minimum Gasteiger partial charge on any atom is -0.368 e. The maximum absolute atomic E-state index is 6.03. The maximum atomic E-state index is 6.03. The van der Waals surface area contributed by atoms with E-state index in [1.54, 1.807) is 0 Å². The Kier molecular flexibility index (Phi) is 5.04. The van der Waals surface area contributed by atoms with E-state index < -0.39 is 0 Å². The Morgan fingerprint density at radius 1 is 1.09 bits per heavy atom. The van der Waals surface area contributed by atoms with Gasteiger partial charge >= 0.3 is 0 Å². The number of nitrogens with zero attached hydrogens (tertiary/aromatic N) is 2. The highest BCUT2D eigenvalue weighted by Crippen LogP contribution is 2.27. The SMILES string of the molecule is Cc1ccccc1N1CCN(CC2CCC(N)CC2)[C@H](C)C1. The highest BCUT2D eigenvalue weighted by molar-refractivity contribution is 5.53. The monoisotopic (exact) mass is 301 g/mol. The van der Waals surface area contributed by atoms with Gasteiger partial charge in [-0.2, -0.15) is 0 Å². The minimum atomic E-state index is 0.464. The van der Waals surface area contributed by atoms with Crippen LogP contribution in [0.15, 0.2) is 24.3 Å². The second-order valence-corrected chi connectivity index (χ2v) is 7.36. The third-order valence-electron chi connectivity index (χ3n) is 5.61. The zero-order valence-electron chi connectivity index (χ0n) is 14.2. The molecule has 2 aliphatic rings. The molecule has 0 aromatic heterocycles. The predicted molar refractivity (Wildman–Crippen MR) is 94.4 cm³/mol. The number of hydrogen-bond acceptors (Lipinski definition) is 3. The molecule has 0 amide bonds. The number of benzene rings is 1. The molecule has 1 saturated heterocycles. The number of para-hydroxylation sites is 1. The first kappa shape index (κ1) is 15.8. The lowest BCUT2D eigenvalue weighted by atomic mass is 9.86. The summed E-state index contributed by atoms with van der Waals surface area (Å²) in [7, 11) is 0. The van der Waals surface area contributed by atoms with Gasteiger partial charge in [-0.05, 0) is 57.1 Å². The maximum Gasteiger partial charge on any atom is 0.0396 e. The molecule has 0 unspecified atom stereocenters. The first-order valence-electron chi connectivity index (χ1n) is 8.93. The Morgan fingerprint density at radius 2 is 1.82 bits per heavy atom. The highest BCUT2D eigenvalue weighted by Gasteiger charge is 2.28. The molecule has 3 rings (SSSR count). The molecule has 1 atom stereocenters. The van der Waals surface area contributed by atoms with Gasteiger partial charge in [-0.25, -0.2) is 0 Å². The van der Waals surface area contributed by atoms with Crippen LogP contribution in [-0.2, 0) is 0 Å². The van der Waals surface area contributed by atoms with Crippen LogP contribution in [0.5, 0.6) is 0 Å². The van der Waals surface area contributed by atoms with Gasteiger partial charge in [-0.15, -0.1) is 0 Å². The zero-order chi connectivity index (χ0) is 15.5. The predicted octanol–water partition coefficient (Wildman–Crippen LogP) is 3.02. The van der Waals surface area contributed by atoms with Crippen molar-refractivity contribution in [3.8, 4) is 0 Å². The molecule has 0 spiro atoms. The van der Waals surface area contributed by atoms with Gasteiger partial charge < -0.3 is 10.6 Å². The number of anilines is 1. The third-order valence-corrected chi connectivity index (χ3v) is 5.61. The Labute approximate surface area is 135 Å². The third kappa shape index (κ3) is 3.64. The number of aryl methyl sites for hydroxylation is 1. The van der Waals surface area contributed by atoms with Gasteiger partial charge in [0.1, 0.15) is 0 Å². The summed E-state index contributed by atoms with van der Waals surface area (Å²) in [5.74, 6) is 0.868. The molecule has 0 bridgehead atoms. The lowest BCUT2D eigenvalue weighted by Gasteiger charge is -2.43. The first-order valence-corrected chi connectivity index (χ1v) is 8.93. The number of nitrogens with two attached hydrogens (primary N) is 1. The van der Waals surface area contributed by atoms with Crippen LogP contribution in [0.4, 0.5) is 5.69 Å². The molecule has 2 fully saturated rings. The van der Waals surface area contributed by atoms with Gasteiger partial charge in [0.15, 0.2) is 0 Å². The summed E-state index contributed by atoms with van der Waals surface area (Å²) in [4.78, 5) is 5.27. The number of piperazine rings is 1. The quantitative estimate of drug-likeness (QED) is 0.931. The standard InChI is InChI=1S/C19H31N3/c1-15-5-3-4-6-19(15)22-12-11-21(16(2)13-22)14-17-7-9-18(20)10-8-17/h3-6,16-18H,7-14,20H2,1-2H3/t16-,17?,18?/m1/s1. The lowest BCUT2D eigenvalue weighted by molar-refractivity contribution is 0.141. The van der Waals surface area contributed by atoms with Crippen LogP contribution in [0.3, 0.4) is 0 Å². The van der Waals surface area contributed by atoms with Gasteiger partial charge in [0, 0.05) is 44.0 Å². The van der Waals surface area contributed by atoms with E-state index in [2.05, 4.69) is 47.9 Å². The zero-order valence-corrected chi connectivity index (χ0v) is 14.2. The molecule has 22 heavy (non-hydrogen) atoms. The van der Waals surface area contributed by atoms with Crippen LogP contribution in [0.2, 0.25) is 0 Å². The molecule has 1 aliphatic carbocycles. The first-order chi connectivity index (χ1) is 10.6. The molecular formula is C19H31N3. The normalized spacial score (nSPS) is 30.5. The van der Waals surface area contributed by atoms with E-state index in [-0.39, 0.29) is 0 Å². The molecular weight excluding hydrogens is 270 g/mol. The van der Waals surface area contributed by atoms with Crippen molar-refractivity contribution in [2.45, 2.75) is 51.6 Å². The largest absolute Gasteiger partial charge is 0.368 e. The summed E-state index contributed by atoms with van der Waals surface area (Å²) >= 11 is 0. The minimum absolute atomic E-state index is 0.464. The van der Waals surface area contributed by atoms with E-state index in [0.29, 0.717) is 12.1 Å². The number of hydrogen-bond donors (Lipinski definition) is 1. The fraction of sp³-hybridized carbons (Fsp3) is 0.684. The molecule has 2 N–H and O–H groups in total. The lowest BCUT2D eigenvalue weighted by Crippen LogP contribution is -2.53. The second-order valence-electron chi connectivity index (χ2n) is 7.36. The van der Waals surface area contributed by atoms with Crippen molar-refractivity contribution in [3.63, 3.8) is 0 Å². The summed E-state index contributed by atoms with van der Waals surface area (Å²) in [6, 6.07) is 9.88. The van der Waals surface area contributed by atoms with Crippen molar-refractivity contribution in [2.24, 2.45) is 11.7 Å². The van der Waals surface area contributed by atoms with Crippen molar-refractivity contribution in [2.75, 3.05) is 31.1 Å². The van der Waals surface area contributed by atoms with Crippen LogP contribution >= 0.6 is 0 Å². The molecule has 3 heteroatoms. The molecule has 1 aliphatic heterocycles. The van der Waals surface area contributed by atoms with E-state index >= 15 is 0 Å². The van der Waals surface area contributed by atoms with Crippen LogP contribution in [-0.4, -0.2) is 43.2 Å². The van der Waals surface area contributed by atoms with E-state index in [0.717, 1.165) is 19.0 Å². The summed E-state index contributed by atoms with van der Waals surface area (Å²) in [6.45, 7) is 9.38. The topological polar surface area (TPSA) is 32.5 Å². The summed E-state index contributed by atoms with van der Waals surface area (Å²) in [6.07, 6.45) is 5.10. The Morgan fingerprint density at radius 3 is 2.50 bits per heavy atom. The molecule has 1 saturated carbocycles. The van der Waals surface area contributed by atoms with Crippen molar-refractivity contribution in [1.82, 2.24) is 4.90 Å². The Bertz CT molecular complexity index is 479. The van der Waals surface area contributed by atoms with Crippen LogP contribution in [0, 0.1) is 12.8 Å².